The number of carboxylic acid groups (broad SMARTS) is 1. The molecule has 1 unspecified atom stereocenters. The van der Waals surface area contributed by atoms with E-state index in [1.165, 1.54) is 18.0 Å². The van der Waals surface area contributed by atoms with Crippen LogP contribution < -0.4 is 0 Å². The lowest BCUT2D eigenvalue weighted by atomic mass is 9.98. The Hall–Kier alpha value is -1.96. The molecule has 1 aromatic rings. The molecule has 1 aliphatic rings. The number of aromatic carboxylic acids is 1. The predicted octanol–water partition coefficient (Wildman–Crippen LogP) is 0.175. The van der Waals surface area contributed by atoms with Gasteiger partial charge in [-0.25, -0.2) is 9.48 Å². The van der Waals surface area contributed by atoms with E-state index >= 15 is 0 Å². The number of carbonyl (C=O) groups is 2. The second-order valence-corrected chi connectivity index (χ2v) is 5.04. The first-order valence-corrected chi connectivity index (χ1v) is 6.41. The number of carbonyl (C=O) groups excluding carboxylic acids is 1. The van der Waals surface area contributed by atoms with Crippen molar-refractivity contribution in [2.75, 3.05) is 20.2 Å². The number of hydrogen-bond acceptors (Lipinski definition) is 5. The van der Waals surface area contributed by atoms with E-state index in [0.717, 1.165) is 0 Å². The van der Waals surface area contributed by atoms with Crippen LogP contribution in [0.1, 0.15) is 36.8 Å². The van der Waals surface area contributed by atoms with E-state index < -0.39 is 11.6 Å². The van der Waals surface area contributed by atoms with Crippen molar-refractivity contribution in [1.29, 1.82) is 0 Å². The highest BCUT2D eigenvalue weighted by molar-refractivity contribution is 5.86. The van der Waals surface area contributed by atoms with Gasteiger partial charge in [0.1, 0.15) is 5.60 Å². The first-order chi connectivity index (χ1) is 9.41. The zero-order valence-corrected chi connectivity index (χ0v) is 11.7. The third kappa shape index (κ3) is 2.38. The van der Waals surface area contributed by atoms with Gasteiger partial charge in [-0.3, -0.25) is 4.79 Å². The van der Waals surface area contributed by atoms with E-state index in [2.05, 4.69) is 10.3 Å². The summed E-state index contributed by atoms with van der Waals surface area (Å²) < 4.78 is 6.77. The first kappa shape index (κ1) is 14.4. The van der Waals surface area contributed by atoms with E-state index in [4.69, 9.17) is 9.84 Å². The number of nitrogens with zero attached hydrogens (tertiary/aromatic N) is 4. The minimum absolute atomic E-state index is 0.0301. The van der Waals surface area contributed by atoms with Crippen LogP contribution in [0.25, 0.3) is 0 Å². The number of methoxy groups -OCH3 is 1. The predicted molar refractivity (Wildman–Crippen MR) is 68.3 cm³/mol. The van der Waals surface area contributed by atoms with Gasteiger partial charge in [-0.15, -0.1) is 5.10 Å². The number of carboxylic acids is 1. The second kappa shape index (κ2) is 5.20. The largest absolute Gasteiger partial charge is 0.476 e. The van der Waals surface area contributed by atoms with Crippen molar-refractivity contribution in [2.45, 2.75) is 31.9 Å². The maximum absolute atomic E-state index is 12.3. The van der Waals surface area contributed by atoms with Crippen LogP contribution in [-0.4, -0.2) is 62.7 Å². The van der Waals surface area contributed by atoms with E-state index in [-0.39, 0.29) is 17.6 Å². The molecule has 8 heteroatoms. The average Bonchev–Trinajstić information content (AvgIpc) is 2.85. The standard InChI is InChI=1S/C12H18N4O4/c1-4-12(2,20-3)11(19)15-5-8(6-15)16-7-9(10(17)18)13-14-16/h7-8H,4-6H2,1-3H3,(H,17,18). The highest BCUT2D eigenvalue weighted by Crippen LogP contribution is 2.26. The lowest BCUT2D eigenvalue weighted by Gasteiger charge is -2.43. The van der Waals surface area contributed by atoms with Gasteiger partial charge in [0.05, 0.1) is 12.2 Å². The summed E-state index contributed by atoms with van der Waals surface area (Å²) in [5.74, 6) is -1.17. The number of likely N-dealkylation sites (tertiary alicyclic amines) is 1. The van der Waals surface area contributed by atoms with Gasteiger partial charge in [-0.2, -0.15) is 0 Å². The summed E-state index contributed by atoms with van der Waals surface area (Å²) in [7, 11) is 1.52. The van der Waals surface area contributed by atoms with Crippen LogP contribution in [-0.2, 0) is 9.53 Å². The maximum Gasteiger partial charge on any atom is 0.358 e. The van der Waals surface area contributed by atoms with Gasteiger partial charge in [0.25, 0.3) is 5.91 Å². The van der Waals surface area contributed by atoms with Crippen LogP contribution in [0.15, 0.2) is 6.20 Å². The molecule has 1 N–H and O–H groups in total. The molecule has 1 aliphatic heterocycles. The number of amides is 1. The summed E-state index contributed by atoms with van der Waals surface area (Å²) in [6.07, 6.45) is 1.97. The summed E-state index contributed by atoms with van der Waals surface area (Å²) >= 11 is 0. The molecule has 0 spiro atoms. The first-order valence-electron chi connectivity index (χ1n) is 6.41. The van der Waals surface area contributed by atoms with Gasteiger partial charge in [0, 0.05) is 20.2 Å². The van der Waals surface area contributed by atoms with Crippen molar-refractivity contribution >= 4 is 11.9 Å². The van der Waals surface area contributed by atoms with Gasteiger partial charge in [0.2, 0.25) is 0 Å². The van der Waals surface area contributed by atoms with Crippen LogP contribution in [0.3, 0.4) is 0 Å². The maximum atomic E-state index is 12.3. The van der Waals surface area contributed by atoms with Gasteiger partial charge in [-0.05, 0) is 13.3 Å². The van der Waals surface area contributed by atoms with Crippen molar-refractivity contribution in [1.82, 2.24) is 19.9 Å². The van der Waals surface area contributed by atoms with E-state index in [1.807, 2.05) is 6.92 Å². The zero-order chi connectivity index (χ0) is 14.9. The Morgan fingerprint density at radius 3 is 2.65 bits per heavy atom. The van der Waals surface area contributed by atoms with Crippen LogP contribution in [0, 0.1) is 0 Å². The molecule has 0 radical (unpaired) electrons. The number of rotatable bonds is 5. The number of hydrogen-bond donors (Lipinski definition) is 1. The lowest BCUT2D eigenvalue weighted by molar-refractivity contribution is -0.159. The minimum atomic E-state index is -1.11. The number of aromatic nitrogens is 3. The van der Waals surface area contributed by atoms with Gasteiger partial charge >= 0.3 is 5.97 Å². The Morgan fingerprint density at radius 1 is 1.55 bits per heavy atom. The Bertz CT molecular complexity index is 517. The molecule has 20 heavy (non-hydrogen) atoms. The minimum Gasteiger partial charge on any atom is -0.476 e. The summed E-state index contributed by atoms with van der Waals surface area (Å²) in [4.78, 5) is 24.7. The molecule has 2 heterocycles. The van der Waals surface area contributed by atoms with Gasteiger partial charge in [0.15, 0.2) is 5.69 Å². The van der Waals surface area contributed by atoms with E-state index in [9.17, 15) is 9.59 Å². The fourth-order valence-corrected chi connectivity index (χ4v) is 2.06. The molecule has 110 valence electrons. The molecule has 0 saturated carbocycles. The van der Waals surface area contributed by atoms with Gasteiger partial charge < -0.3 is 14.7 Å². The van der Waals surface area contributed by atoms with Crippen molar-refractivity contribution in [3.63, 3.8) is 0 Å². The molecule has 1 atom stereocenters. The summed E-state index contributed by atoms with van der Waals surface area (Å²) in [5.41, 5.74) is -0.899. The molecular weight excluding hydrogens is 264 g/mol. The number of ether oxygens (including phenoxy) is 1. The third-order valence-corrected chi connectivity index (χ3v) is 3.83. The molecule has 8 nitrogen and oxygen atoms in total. The molecular formula is C12H18N4O4. The molecule has 0 aliphatic carbocycles. The van der Waals surface area contributed by atoms with Crippen LogP contribution >= 0.6 is 0 Å². The van der Waals surface area contributed by atoms with Crippen molar-refractivity contribution in [2.24, 2.45) is 0 Å². The Labute approximate surface area is 116 Å². The van der Waals surface area contributed by atoms with E-state index in [0.29, 0.717) is 19.5 Å². The van der Waals surface area contributed by atoms with Crippen LogP contribution in [0.4, 0.5) is 0 Å². The molecule has 1 amide bonds. The zero-order valence-electron chi connectivity index (χ0n) is 11.7. The van der Waals surface area contributed by atoms with Gasteiger partial charge in [-0.1, -0.05) is 12.1 Å². The molecule has 0 aromatic carbocycles. The third-order valence-electron chi connectivity index (χ3n) is 3.83. The quantitative estimate of drug-likeness (QED) is 0.827. The topological polar surface area (TPSA) is 97.5 Å². The molecule has 2 rings (SSSR count). The fourth-order valence-electron chi connectivity index (χ4n) is 2.06. The van der Waals surface area contributed by atoms with Crippen molar-refractivity contribution in [3.8, 4) is 0 Å². The lowest BCUT2D eigenvalue weighted by Crippen LogP contribution is -2.57. The van der Waals surface area contributed by atoms with Crippen LogP contribution in [0.5, 0.6) is 0 Å². The normalized spacial score (nSPS) is 18.4. The molecule has 1 saturated heterocycles. The van der Waals surface area contributed by atoms with Crippen molar-refractivity contribution < 1.29 is 19.4 Å². The highest BCUT2D eigenvalue weighted by atomic mass is 16.5. The Kier molecular flexibility index (Phi) is 3.76. The Balaban J connectivity index is 1.97. The summed E-state index contributed by atoms with van der Waals surface area (Å²) in [6.45, 7) is 4.64. The molecule has 1 fully saturated rings. The second-order valence-electron chi connectivity index (χ2n) is 5.04. The van der Waals surface area contributed by atoms with Crippen molar-refractivity contribution in [3.05, 3.63) is 11.9 Å². The van der Waals surface area contributed by atoms with E-state index in [1.54, 1.807) is 11.8 Å². The molecule has 1 aromatic heterocycles. The highest BCUT2D eigenvalue weighted by Gasteiger charge is 2.41. The fraction of sp³-hybridized carbons (Fsp3) is 0.667. The summed E-state index contributed by atoms with van der Waals surface area (Å²) in [5, 5.41) is 16.1. The smallest absolute Gasteiger partial charge is 0.358 e. The summed E-state index contributed by atoms with van der Waals surface area (Å²) in [6, 6.07) is -0.0301. The molecule has 0 bridgehead atoms. The Morgan fingerprint density at radius 2 is 2.20 bits per heavy atom. The average molecular weight is 282 g/mol. The SMILES string of the molecule is CCC(C)(OC)C(=O)N1CC(n2cc(C(=O)O)nn2)C1. The van der Waals surface area contributed by atoms with Crippen LogP contribution in [0.2, 0.25) is 0 Å². The monoisotopic (exact) mass is 282 g/mol.